The number of benzene rings is 2. The average Bonchev–Trinajstić information content (AvgIpc) is 2.66. The van der Waals surface area contributed by atoms with E-state index in [2.05, 4.69) is 0 Å². The third kappa shape index (κ3) is 3.42. The highest BCUT2D eigenvalue weighted by Crippen LogP contribution is 2.34. The zero-order chi connectivity index (χ0) is 18.7. The van der Waals surface area contributed by atoms with Crippen LogP contribution in [0, 0.1) is 0 Å². The van der Waals surface area contributed by atoms with Gasteiger partial charge in [-0.1, -0.05) is 18.2 Å². The number of methoxy groups -OCH3 is 2. The first kappa shape index (κ1) is 17.6. The summed E-state index contributed by atoms with van der Waals surface area (Å²) in [6, 6.07) is 12.1. The number of ether oxygens (including phenoxy) is 3. The number of nitrogens with zero attached hydrogens (tertiary/aromatic N) is 1. The number of hydrogen-bond acceptors (Lipinski definition) is 5. The normalized spacial score (nSPS) is 15.6. The standard InChI is InChI=1S/C19H19NO6/c1-24-15-8-7-12(9-16(15)25-2)10-18(21)20-11-17(19(22)23)26-14-6-4-3-5-13(14)20/h3-9,17H,10-11H2,1-2H3,(H,22,23)/t17-/m1/s1. The van der Waals surface area contributed by atoms with Gasteiger partial charge in [-0.3, -0.25) is 4.79 Å². The summed E-state index contributed by atoms with van der Waals surface area (Å²) in [7, 11) is 3.07. The number of anilines is 1. The predicted molar refractivity (Wildman–Crippen MR) is 94.1 cm³/mol. The molecule has 0 saturated heterocycles. The van der Waals surface area contributed by atoms with Gasteiger partial charge in [-0.25, -0.2) is 4.79 Å². The lowest BCUT2D eigenvalue weighted by atomic mass is 10.1. The Morgan fingerprint density at radius 3 is 2.58 bits per heavy atom. The third-order valence-electron chi connectivity index (χ3n) is 4.15. The van der Waals surface area contributed by atoms with Crippen LogP contribution in [0.4, 0.5) is 5.69 Å². The van der Waals surface area contributed by atoms with Crippen LogP contribution in [-0.4, -0.2) is 43.9 Å². The van der Waals surface area contributed by atoms with Crippen LogP contribution in [0.15, 0.2) is 42.5 Å². The third-order valence-corrected chi connectivity index (χ3v) is 4.15. The molecule has 0 aromatic heterocycles. The lowest BCUT2D eigenvalue weighted by Crippen LogP contribution is -2.47. The molecule has 1 atom stereocenters. The van der Waals surface area contributed by atoms with Crippen molar-refractivity contribution in [3.8, 4) is 17.2 Å². The Balaban J connectivity index is 1.86. The van der Waals surface area contributed by atoms with Crippen LogP contribution in [0.5, 0.6) is 17.2 Å². The number of aliphatic carboxylic acids is 1. The van der Waals surface area contributed by atoms with Crippen LogP contribution in [0.2, 0.25) is 0 Å². The summed E-state index contributed by atoms with van der Waals surface area (Å²) in [5.74, 6) is 0.157. The van der Waals surface area contributed by atoms with Crippen LogP contribution < -0.4 is 19.1 Å². The molecule has 1 aliphatic rings. The van der Waals surface area contributed by atoms with Crippen LogP contribution in [0.25, 0.3) is 0 Å². The fraction of sp³-hybridized carbons (Fsp3) is 0.263. The molecule has 1 aliphatic heterocycles. The number of carbonyl (C=O) groups is 2. The molecule has 0 aliphatic carbocycles. The zero-order valence-electron chi connectivity index (χ0n) is 14.5. The number of rotatable bonds is 5. The van der Waals surface area contributed by atoms with Crippen molar-refractivity contribution in [3.63, 3.8) is 0 Å². The summed E-state index contributed by atoms with van der Waals surface area (Å²) in [6.07, 6.45) is -1.000. The molecule has 0 spiro atoms. The molecule has 7 heteroatoms. The largest absolute Gasteiger partial charge is 0.493 e. The van der Waals surface area contributed by atoms with Crippen molar-refractivity contribution < 1.29 is 28.9 Å². The number of amides is 1. The first-order valence-corrected chi connectivity index (χ1v) is 8.03. The van der Waals surface area contributed by atoms with E-state index in [1.165, 1.54) is 12.0 Å². The van der Waals surface area contributed by atoms with Crippen LogP contribution in [0.1, 0.15) is 5.56 Å². The van der Waals surface area contributed by atoms with E-state index in [0.717, 1.165) is 5.56 Å². The van der Waals surface area contributed by atoms with Crippen molar-refractivity contribution in [2.75, 3.05) is 25.7 Å². The molecule has 0 bridgehead atoms. The second kappa shape index (κ2) is 7.35. The molecular weight excluding hydrogens is 338 g/mol. The van der Waals surface area contributed by atoms with E-state index in [0.29, 0.717) is 22.9 Å². The van der Waals surface area contributed by atoms with Crippen molar-refractivity contribution in [1.82, 2.24) is 0 Å². The quantitative estimate of drug-likeness (QED) is 0.882. The van der Waals surface area contributed by atoms with Crippen LogP contribution in [-0.2, 0) is 16.0 Å². The van der Waals surface area contributed by atoms with Crippen molar-refractivity contribution >= 4 is 17.6 Å². The second-order valence-corrected chi connectivity index (χ2v) is 5.78. The van der Waals surface area contributed by atoms with E-state index in [1.54, 1.807) is 49.6 Å². The molecule has 0 radical (unpaired) electrons. The zero-order valence-corrected chi connectivity index (χ0v) is 14.5. The minimum absolute atomic E-state index is 0.0432. The summed E-state index contributed by atoms with van der Waals surface area (Å²) in [4.78, 5) is 25.7. The Morgan fingerprint density at radius 1 is 1.15 bits per heavy atom. The molecule has 1 heterocycles. The lowest BCUT2D eigenvalue weighted by Gasteiger charge is -2.33. The molecule has 1 N–H and O–H groups in total. The van der Waals surface area contributed by atoms with Gasteiger partial charge in [-0.05, 0) is 29.8 Å². The second-order valence-electron chi connectivity index (χ2n) is 5.78. The topological polar surface area (TPSA) is 85.3 Å². The summed E-state index contributed by atoms with van der Waals surface area (Å²) >= 11 is 0. The van der Waals surface area contributed by atoms with Crippen molar-refractivity contribution in [3.05, 3.63) is 48.0 Å². The number of para-hydroxylation sites is 2. The number of carboxylic acid groups (broad SMARTS) is 1. The monoisotopic (exact) mass is 357 g/mol. The fourth-order valence-corrected chi connectivity index (χ4v) is 2.86. The summed E-state index contributed by atoms with van der Waals surface area (Å²) in [6.45, 7) is -0.0432. The molecule has 2 aromatic rings. The highest BCUT2D eigenvalue weighted by atomic mass is 16.5. The number of hydrogen-bond donors (Lipinski definition) is 1. The van der Waals surface area contributed by atoms with Gasteiger partial charge < -0.3 is 24.2 Å². The molecule has 26 heavy (non-hydrogen) atoms. The van der Waals surface area contributed by atoms with Crippen LogP contribution in [0.3, 0.4) is 0 Å². The molecule has 3 rings (SSSR count). The van der Waals surface area contributed by atoms with Crippen molar-refractivity contribution in [1.29, 1.82) is 0 Å². The molecule has 0 saturated carbocycles. The molecular formula is C19H19NO6. The Bertz CT molecular complexity index is 835. The van der Waals surface area contributed by atoms with Gasteiger partial charge >= 0.3 is 5.97 Å². The SMILES string of the molecule is COc1ccc(CC(=O)N2C[C@H](C(=O)O)Oc3ccccc32)cc1OC. The summed E-state index contributed by atoms with van der Waals surface area (Å²) < 4.78 is 15.9. The molecule has 7 nitrogen and oxygen atoms in total. The fourth-order valence-electron chi connectivity index (χ4n) is 2.86. The average molecular weight is 357 g/mol. The Kier molecular flexibility index (Phi) is 4.97. The summed E-state index contributed by atoms with van der Waals surface area (Å²) in [5.41, 5.74) is 1.30. The van der Waals surface area contributed by atoms with Gasteiger partial charge in [0.2, 0.25) is 12.0 Å². The number of carboxylic acids is 1. The molecule has 1 amide bonds. The maximum Gasteiger partial charge on any atom is 0.346 e. The number of carbonyl (C=O) groups excluding carboxylic acids is 1. The van der Waals surface area contributed by atoms with E-state index in [4.69, 9.17) is 14.2 Å². The van der Waals surface area contributed by atoms with Crippen molar-refractivity contribution in [2.24, 2.45) is 0 Å². The van der Waals surface area contributed by atoms with E-state index in [1.807, 2.05) is 0 Å². The van der Waals surface area contributed by atoms with Gasteiger partial charge in [0.15, 0.2) is 11.5 Å². The smallest absolute Gasteiger partial charge is 0.346 e. The Morgan fingerprint density at radius 2 is 1.88 bits per heavy atom. The minimum atomic E-state index is -1.11. The van der Waals surface area contributed by atoms with Gasteiger partial charge in [-0.2, -0.15) is 0 Å². The Hall–Kier alpha value is -3.22. The van der Waals surface area contributed by atoms with E-state index in [-0.39, 0.29) is 18.9 Å². The lowest BCUT2D eigenvalue weighted by molar-refractivity contribution is -0.145. The highest BCUT2D eigenvalue weighted by Gasteiger charge is 2.33. The van der Waals surface area contributed by atoms with Gasteiger partial charge in [0, 0.05) is 0 Å². The Labute approximate surface area is 150 Å². The predicted octanol–water partition coefficient (Wildman–Crippen LogP) is 2.13. The van der Waals surface area contributed by atoms with Crippen molar-refractivity contribution in [2.45, 2.75) is 12.5 Å². The molecule has 2 aromatic carbocycles. The van der Waals surface area contributed by atoms with Gasteiger partial charge in [-0.15, -0.1) is 0 Å². The van der Waals surface area contributed by atoms with E-state index < -0.39 is 12.1 Å². The van der Waals surface area contributed by atoms with Gasteiger partial charge in [0.05, 0.1) is 32.9 Å². The van der Waals surface area contributed by atoms with Gasteiger partial charge in [0.1, 0.15) is 5.75 Å². The van der Waals surface area contributed by atoms with Crippen LogP contribution >= 0.6 is 0 Å². The molecule has 136 valence electrons. The first-order chi connectivity index (χ1) is 12.5. The molecule has 0 unspecified atom stereocenters. The first-order valence-electron chi connectivity index (χ1n) is 8.03. The highest BCUT2D eigenvalue weighted by molar-refractivity contribution is 5.97. The summed E-state index contributed by atoms with van der Waals surface area (Å²) in [5, 5.41) is 9.29. The maximum atomic E-state index is 12.9. The van der Waals surface area contributed by atoms with E-state index >= 15 is 0 Å². The van der Waals surface area contributed by atoms with E-state index in [9.17, 15) is 14.7 Å². The van der Waals surface area contributed by atoms with Gasteiger partial charge in [0.25, 0.3) is 0 Å². The molecule has 0 fully saturated rings. The number of fused-ring (bicyclic) bond motifs is 1. The minimum Gasteiger partial charge on any atom is -0.493 e. The maximum absolute atomic E-state index is 12.9.